The molecule has 1 saturated carbocycles. The Kier molecular flexibility index (Phi) is 10.1. The van der Waals surface area contributed by atoms with Crippen molar-refractivity contribution in [1.82, 2.24) is 5.32 Å². The third-order valence-electron chi connectivity index (χ3n) is 4.05. The molecule has 0 radical (unpaired) electrons. The first-order valence-electron chi connectivity index (χ1n) is 8.23. The summed E-state index contributed by atoms with van der Waals surface area (Å²) in [5.74, 6) is 1.27. The zero-order valence-corrected chi connectivity index (χ0v) is 13.4. The average molecular weight is 272 g/mol. The smallest absolute Gasteiger partial charge is 0.0201 e. The summed E-state index contributed by atoms with van der Waals surface area (Å²) in [7, 11) is 0. The zero-order valence-electron chi connectivity index (χ0n) is 12.5. The van der Waals surface area contributed by atoms with Crippen molar-refractivity contribution in [3.63, 3.8) is 0 Å². The summed E-state index contributed by atoms with van der Waals surface area (Å²) in [5.41, 5.74) is 0. The van der Waals surface area contributed by atoms with Crippen LogP contribution in [0.1, 0.15) is 78.1 Å². The molecule has 1 aliphatic carbocycles. The van der Waals surface area contributed by atoms with Gasteiger partial charge in [-0.3, -0.25) is 0 Å². The second-order valence-electron chi connectivity index (χ2n) is 5.56. The van der Waals surface area contributed by atoms with Gasteiger partial charge in [0.05, 0.1) is 0 Å². The third kappa shape index (κ3) is 7.04. The Balaban J connectivity index is 2.46. The predicted octanol–water partition coefficient (Wildman–Crippen LogP) is 5.00. The summed E-state index contributed by atoms with van der Waals surface area (Å²) in [6.45, 7) is 5.69. The van der Waals surface area contributed by atoms with E-state index in [4.69, 9.17) is 0 Å². The number of rotatable bonds is 4. The van der Waals surface area contributed by atoms with Gasteiger partial charge < -0.3 is 5.32 Å². The van der Waals surface area contributed by atoms with Gasteiger partial charge in [-0.25, -0.2) is 0 Å². The zero-order chi connectivity index (χ0) is 13.1. The summed E-state index contributed by atoms with van der Waals surface area (Å²) in [6, 6.07) is 0.763. The number of hydrogen-bond acceptors (Lipinski definition) is 2. The van der Waals surface area contributed by atoms with Gasteiger partial charge >= 0.3 is 0 Å². The fraction of sp³-hybridized carbons (Fsp3) is 1.00. The summed E-state index contributed by atoms with van der Waals surface area (Å²) < 4.78 is 0. The van der Waals surface area contributed by atoms with Crippen LogP contribution in [0.2, 0.25) is 0 Å². The van der Waals surface area contributed by atoms with Crippen LogP contribution >= 0.6 is 11.8 Å². The van der Waals surface area contributed by atoms with Gasteiger partial charge in [-0.2, -0.15) is 11.8 Å². The minimum atomic E-state index is 0.763. The minimum Gasteiger partial charge on any atom is -0.313 e. The summed E-state index contributed by atoms with van der Waals surface area (Å²) in [4.78, 5) is 0. The molecular formula is C16H33NS. The first kappa shape index (κ1) is 16.4. The molecule has 2 atom stereocenters. The van der Waals surface area contributed by atoms with E-state index in [0.717, 1.165) is 17.8 Å². The summed E-state index contributed by atoms with van der Waals surface area (Å²) in [6.07, 6.45) is 14.5. The fourth-order valence-corrected chi connectivity index (χ4v) is 4.29. The fourth-order valence-electron chi connectivity index (χ4n) is 3.07. The molecule has 0 aliphatic heterocycles. The Morgan fingerprint density at radius 3 is 1.94 bits per heavy atom. The van der Waals surface area contributed by atoms with Gasteiger partial charge in [0.15, 0.2) is 0 Å². The molecule has 0 saturated heterocycles. The molecule has 0 aromatic heterocycles. The average Bonchev–Trinajstić information content (AvgIpc) is 2.36. The van der Waals surface area contributed by atoms with E-state index in [1.807, 2.05) is 0 Å². The lowest BCUT2D eigenvalue weighted by atomic mass is 9.97. The molecule has 2 heteroatoms. The third-order valence-corrected chi connectivity index (χ3v) is 5.38. The highest BCUT2D eigenvalue weighted by Crippen LogP contribution is 2.25. The number of thioether (sulfide) groups is 1. The Morgan fingerprint density at radius 2 is 1.39 bits per heavy atom. The van der Waals surface area contributed by atoms with Crippen molar-refractivity contribution in [3.05, 3.63) is 0 Å². The molecule has 0 spiro atoms. The standard InChI is InChI=1S/C16H33NS/c1-3-17-15-13-11-9-7-5-6-8-10-12-14-16(15)18-4-2/h15-17H,3-14H2,1-2H3. The number of hydrogen-bond donors (Lipinski definition) is 1. The molecule has 0 aromatic rings. The normalized spacial score (nSPS) is 28.3. The second-order valence-corrected chi connectivity index (χ2v) is 7.08. The van der Waals surface area contributed by atoms with Gasteiger partial charge in [-0.05, 0) is 25.1 Å². The highest BCUT2D eigenvalue weighted by atomic mass is 32.2. The lowest BCUT2D eigenvalue weighted by Gasteiger charge is -2.28. The van der Waals surface area contributed by atoms with Crippen molar-refractivity contribution >= 4 is 11.8 Å². The van der Waals surface area contributed by atoms with Crippen LogP contribution in [0.5, 0.6) is 0 Å². The van der Waals surface area contributed by atoms with Gasteiger partial charge in [0.1, 0.15) is 0 Å². The van der Waals surface area contributed by atoms with E-state index in [1.165, 1.54) is 70.0 Å². The van der Waals surface area contributed by atoms with Gasteiger partial charge in [-0.15, -0.1) is 0 Å². The number of nitrogens with one attached hydrogen (secondary N) is 1. The molecule has 18 heavy (non-hydrogen) atoms. The molecule has 0 bridgehead atoms. The van der Waals surface area contributed by atoms with Gasteiger partial charge in [0.2, 0.25) is 0 Å². The van der Waals surface area contributed by atoms with Crippen molar-refractivity contribution in [2.24, 2.45) is 0 Å². The highest BCUT2D eigenvalue weighted by Gasteiger charge is 2.20. The van der Waals surface area contributed by atoms with E-state index in [9.17, 15) is 0 Å². The molecule has 1 N–H and O–H groups in total. The lowest BCUT2D eigenvalue weighted by molar-refractivity contribution is 0.420. The van der Waals surface area contributed by atoms with Gasteiger partial charge in [-0.1, -0.05) is 65.2 Å². The monoisotopic (exact) mass is 271 g/mol. The van der Waals surface area contributed by atoms with E-state index in [-0.39, 0.29) is 0 Å². The molecule has 1 rings (SSSR count). The van der Waals surface area contributed by atoms with Crippen molar-refractivity contribution < 1.29 is 0 Å². The van der Waals surface area contributed by atoms with Crippen LogP contribution in [0.25, 0.3) is 0 Å². The van der Waals surface area contributed by atoms with Crippen LogP contribution < -0.4 is 5.32 Å². The van der Waals surface area contributed by atoms with E-state index < -0.39 is 0 Å². The van der Waals surface area contributed by atoms with E-state index in [2.05, 4.69) is 30.9 Å². The van der Waals surface area contributed by atoms with Crippen LogP contribution in [0, 0.1) is 0 Å². The Hall–Kier alpha value is 0.310. The van der Waals surface area contributed by atoms with Crippen LogP contribution in [0.4, 0.5) is 0 Å². The molecule has 2 unspecified atom stereocenters. The van der Waals surface area contributed by atoms with E-state index in [1.54, 1.807) is 0 Å². The van der Waals surface area contributed by atoms with Crippen LogP contribution in [0.3, 0.4) is 0 Å². The molecule has 1 aliphatic rings. The first-order chi connectivity index (χ1) is 8.88. The maximum atomic E-state index is 3.75. The maximum absolute atomic E-state index is 3.75. The Bertz CT molecular complexity index is 164. The van der Waals surface area contributed by atoms with Gasteiger partial charge in [0, 0.05) is 11.3 Å². The summed E-state index contributed by atoms with van der Waals surface area (Å²) in [5, 5.41) is 4.61. The molecule has 0 amide bonds. The molecular weight excluding hydrogens is 238 g/mol. The van der Waals surface area contributed by atoms with E-state index in [0.29, 0.717) is 0 Å². The molecule has 0 heterocycles. The highest BCUT2D eigenvalue weighted by molar-refractivity contribution is 7.99. The quantitative estimate of drug-likeness (QED) is 0.772. The predicted molar refractivity (Wildman–Crippen MR) is 85.6 cm³/mol. The molecule has 108 valence electrons. The topological polar surface area (TPSA) is 12.0 Å². The van der Waals surface area contributed by atoms with E-state index >= 15 is 0 Å². The largest absolute Gasteiger partial charge is 0.313 e. The summed E-state index contributed by atoms with van der Waals surface area (Å²) >= 11 is 2.19. The van der Waals surface area contributed by atoms with Crippen LogP contribution in [-0.2, 0) is 0 Å². The lowest BCUT2D eigenvalue weighted by Crippen LogP contribution is -2.38. The van der Waals surface area contributed by atoms with Crippen LogP contribution in [-0.4, -0.2) is 23.6 Å². The Labute approximate surface area is 119 Å². The van der Waals surface area contributed by atoms with Crippen LogP contribution in [0.15, 0.2) is 0 Å². The van der Waals surface area contributed by atoms with Gasteiger partial charge in [0.25, 0.3) is 0 Å². The first-order valence-corrected chi connectivity index (χ1v) is 9.28. The molecule has 0 aromatic carbocycles. The Morgan fingerprint density at radius 1 is 0.833 bits per heavy atom. The van der Waals surface area contributed by atoms with Crippen molar-refractivity contribution in [2.75, 3.05) is 12.3 Å². The van der Waals surface area contributed by atoms with Crippen molar-refractivity contribution in [2.45, 2.75) is 89.3 Å². The maximum Gasteiger partial charge on any atom is 0.0201 e. The molecule has 1 nitrogen and oxygen atoms in total. The minimum absolute atomic E-state index is 0.763. The SMILES string of the molecule is CCNC1CCCCCCCCCCC1SCC. The molecule has 1 fully saturated rings. The van der Waals surface area contributed by atoms with Crippen molar-refractivity contribution in [3.8, 4) is 0 Å². The van der Waals surface area contributed by atoms with Crippen molar-refractivity contribution in [1.29, 1.82) is 0 Å². The second kappa shape index (κ2) is 11.2.